The number of rotatable bonds is 6. The highest BCUT2D eigenvalue weighted by molar-refractivity contribution is 7.89. The summed E-state index contributed by atoms with van der Waals surface area (Å²) in [7, 11) is -3.61. The number of carbonyl (C=O) groups excluding carboxylic acids is 1. The Hall–Kier alpha value is -2.36. The number of nitrogens with one attached hydrogen (secondary N) is 2. The summed E-state index contributed by atoms with van der Waals surface area (Å²) in [5.41, 5.74) is 1.37. The fraction of sp³-hybridized carbons (Fsp3) is 0.353. The summed E-state index contributed by atoms with van der Waals surface area (Å²) < 4.78 is 32.6. The van der Waals surface area contributed by atoms with E-state index >= 15 is 0 Å². The molecule has 1 amide bonds. The van der Waals surface area contributed by atoms with Gasteiger partial charge in [-0.3, -0.25) is 9.78 Å². The number of hydrogen-bond donors (Lipinski definition) is 2. The fourth-order valence-corrected chi connectivity index (χ4v) is 3.58. The molecule has 1 aromatic carbocycles. The van der Waals surface area contributed by atoms with Crippen LogP contribution < -0.4 is 10.0 Å². The summed E-state index contributed by atoms with van der Waals surface area (Å²) in [5.74, 6) is -0.412. The number of sulfonamides is 1. The monoisotopic (exact) mass is 376 g/mol. The van der Waals surface area contributed by atoms with Gasteiger partial charge in [0.15, 0.2) is 0 Å². The number of aromatic nitrogens is 2. The van der Waals surface area contributed by atoms with Crippen LogP contribution in [-0.2, 0) is 14.8 Å². The summed E-state index contributed by atoms with van der Waals surface area (Å²) in [6.07, 6.45) is 4.63. The predicted molar refractivity (Wildman–Crippen MR) is 95.3 cm³/mol. The molecular weight excluding hydrogens is 356 g/mol. The lowest BCUT2D eigenvalue weighted by Gasteiger charge is -2.12. The average Bonchev–Trinajstić information content (AvgIpc) is 3.15. The number of nitrogens with zero attached hydrogens (tertiary/aromatic N) is 2. The van der Waals surface area contributed by atoms with E-state index in [0.29, 0.717) is 18.0 Å². The van der Waals surface area contributed by atoms with E-state index in [1.165, 1.54) is 36.7 Å². The zero-order valence-electron chi connectivity index (χ0n) is 14.3. The molecule has 0 bridgehead atoms. The molecule has 2 aromatic rings. The minimum atomic E-state index is -3.61. The lowest BCUT2D eigenvalue weighted by molar-refractivity contribution is 0.102. The molecule has 0 aliphatic carbocycles. The van der Waals surface area contributed by atoms with Gasteiger partial charge in [-0.25, -0.2) is 18.1 Å². The van der Waals surface area contributed by atoms with Crippen LogP contribution in [0.25, 0.3) is 0 Å². The Morgan fingerprint density at radius 3 is 2.62 bits per heavy atom. The van der Waals surface area contributed by atoms with Crippen molar-refractivity contribution in [3.8, 4) is 0 Å². The Morgan fingerprint density at radius 2 is 2.00 bits per heavy atom. The highest BCUT2D eigenvalue weighted by Crippen LogP contribution is 2.16. The Morgan fingerprint density at radius 1 is 1.23 bits per heavy atom. The van der Waals surface area contributed by atoms with E-state index in [0.717, 1.165) is 12.8 Å². The van der Waals surface area contributed by atoms with Gasteiger partial charge in [0.1, 0.15) is 5.69 Å². The van der Waals surface area contributed by atoms with Gasteiger partial charge < -0.3 is 10.1 Å². The molecular formula is C17H20N4O4S. The Kier molecular flexibility index (Phi) is 5.60. The third kappa shape index (κ3) is 4.63. The van der Waals surface area contributed by atoms with Gasteiger partial charge in [-0.05, 0) is 44.0 Å². The molecule has 1 unspecified atom stereocenters. The Labute approximate surface area is 152 Å². The van der Waals surface area contributed by atoms with E-state index in [1.807, 2.05) is 0 Å². The quantitative estimate of drug-likeness (QED) is 0.790. The van der Waals surface area contributed by atoms with Gasteiger partial charge in [-0.1, -0.05) is 0 Å². The Balaban J connectivity index is 1.61. The first kappa shape index (κ1) is 18.4. The molecule has 1 saturated heterocycles. The minimum Gasteiger partial charge on any atom is -0.377 e. The van der Waals surface area contributed by atoms with Gasteiger partial charge in [0.05, 0.1) is 22.9 Å². The smallest absolute Gasteiger partial charge is 0.275 e. The van der Waals surface area contributed by atoms with E-state index in [4.69, 9.17) is 4.74 Å². The van der Waals surface area contributed by atoms with Gasteiger partial charge in [-0.15, -0.1) is 0 Å². The summed E-state index contributed by atoms with van der Waals surface area (Å²) >= 11 is 0. The number of carbonyl (C=O) groups is 1. The van der Waals surface area contributed by atoms with E-state index in [2.05, 4.69) is 20.0 Å². The van der Waals surface area contributed by atoms with Crippen molar-refractivity contribution in [2.45, 2.75) is 30.8 Å². The molecule has 2 N–H and O–H groups in total. The number of benzene rings is 1. The van der Waals surface area contributed by atoms with Crippen LogP contribution in [0.3, 0.4) is 0 Å². The maximum Gasteiger partial charge on any atom is 0.275 e. The molecule has 1 aromatic heterocycles. The maximum absolute atomic E-state index is 12.3. The molecule has 2 heterocycles. The number of amides is 1. The van der Waals surface area contributed by atoms with Crippen LogP contribution in [0.15, 0.2) is 41.6 Å². The number of anilines is 1. The first-order valence-electron chi connectivity index (χ1n) is 8.25. The molecule has 3 rings (SSSR count). The summed E-state index contributed by atoms with van der Waals surface area (Å²) in [4.78, 5) is 20.2. The highest BCUT2D eigenvalue weighted by atomic mass is 32.2. The summed E-state index contributed by atoms with van der Waals surface area (Å²) in [5, 5.41) is 2.66. The zero-order valence-corrected chi connectivity index (χ0v) is 15.1. The average molecular weight is 376 g/mol. The van der Waals surface area contributed by atoms with Crippen molar-refractivity contribution < 1.29 is 17.9 Å². The van der Waals surface area contributed by atoms with E-state index < -0.39 is 15.9 Å². The fourth-order valence-electron chi connectivity index (χ4n) is 2.51. The molecule has 1 aliphatic heterocycles. The van der Waals surface area contributed by atoms with Crippen LogP contribution in [0, 0.1) is 6.92 Å². The van der Waals surface area contributed by atoms with Gasteiger partial charge in [0.2, 0.25) is 10.0 Å². The second kappa shape index (κ2) is 7.90. The van der Waals surface area contributed by atoms with Crippen molar-refractivity contribution in [2.75, 3.05) is 18.5 Å². The third-order valence-corrected chi connectivity index (χ3v) is 5.40. The van der Waals surface area contributed by atoms with Crippen LogP contribution in [0.4, 0.5) is 5.69 Å². The normalized spacial score (nSPS) is 17.2. The molecule has 1 aliphatic rings. The van der Waals surface area contributed by atoms with Crippen LogP contribution in [0.2, 0.25) is 0 Å². The van der Waals surface area contributed by atoms with Crippen LogP contribution in [0.5, 0.6) is 0 Å². The third-order valence-electron chi connectivity index (χ3n) is 3.96. The van der Waals surface area contributed by atoms with Crippen molar-refractivity contribution in [1.29, 1.82) is 0 Å². The second-order valence-corrected chi connectivity index (χ2v) is 7.78. The molecule has 0 spiro atoms. The number of aryl methyl sites for hydroxylation is 1. The largest absolute Gasteiger partial charge is 0.377 e. The maximum atomic E-state index is 12.3. The van der Waals surface area contributed by atoms with Crippen molar-refractivity contribution in [1.82, 2.24) is 14.7 Å². The van der Waals surface area contributed by atoms with Crippen LogP contribution in [0.1, 0.15) is 29.0 Å². The van der Waals surface area contributed by atoms with Crippen LogP contribution in [-0.4, -0.2) is 43.5 Å². The molecule has 26 heavy (non-hydrogen) atoms. The van der Waals surface area contributed by atoms with Crippen LogP contribution >= 0.6 is 0 Å². The highest BCUT2D eigenvalue weighted by Gasteiger charge is 2.20. The van der Waals surface area contributed by atoms with Gasteiger partial charge in [0.25, 0.3) is 5.91 Å². The number of hydrogen-bond acceptors (Lipinski definition) is 6. The summed E-state index contributed by atoms with van der Waals surface area (Å²) in [6, 6.07) is 5.93. The molecule has 9 heteroatoms. The van der Waals surface area contributed by atoms with Gasteiger partial charge in [-0.2, -0.15) is 0 Å². The van der Waals surface area contributed by atoms with Crippen molar-refractivity contribution in [3.63, 3.8) is 0 Å². The lowest BCUT2D eigenvalue weighted by atomic mass is 10.2. The standard InChI is InChI=1S/C17H20N4O4S/c1-12-9-19-16(11-18-12)17(22)21-13-4-6-15(7-5-13)26(23,24)20-10-14-3-2-8-25-14/h4-7,9,11,14,20H,2-3,8,10H2,1H3,(H,21,22). The molecule has 1 atom stereocenters. The van der Waals surface area contributed by atoms with Crippen molar-refractivity contribution in [3.05, 3.63) is 48.0 Å². The van der Waals surface area contributed by atoms with E-state index in [-0.39, 0.29) is 23.2 Å². The Bertz CT molecular complexity index is 861. The zero-order chi connectivity index (χ0) is 18.6. The molecule has 0 radical (unpaired) electrons. The van der Waals surface area contributed by atoms with E-state index in [1.54, 1.807) is 6.92 Å². The van der Waals surface area contributed by atoms with Gasteiger partial charge >= 0.3 is 0 Å². The molecule has 8 nitrogen and oxygen atoms in total. The SMILES string of the molecule is Cc1cnc(C(=O)Nc2ccc(S(=O)(=O)NCC3CCCO3)cc2)cn1. The lowest BCUT2D eigenvalue weighted by Crippen LogP contribution is -2.31. The summed E-state index contributed by atoms with van der Waals surface area (Å²) in [6.45, 7) is 2.71. The first-order valence-corrected chi connectivity index (χ1v) is 9.74. The molecule has 1 fully saturated rings. The van der Waals surface area contributed by atoms with Crippen molar-refractivity contribution in [2.24, 2.45) is 0 Å². The topological polar surface area (TPSA) is 110 Å². The molecule has 0 saturated carbocycles. The molecule has 138 valence electrons. The predicted octanol–water partition coefficient (Wildman–Crippen LogP) is 1.49. The number of ether oxygens (including phenoxy) is 1. The first-order chi connectivity index (χ1) is 12.4. The minimum absolute atomic E-state index is 0.0704. The van der Waals surface area contributed by atoms with E-state index in [9.17, 15) is 13.2 Å². The van der Waals surface area contributed by atoms with Gasteiger partial charge in [0, 0.05) is 25.0 Å². The van der Waals surface area contributed by atoms with Crippen molar-refractivity contribution >= 4 is 21.6 Å². The second-order valence-electron chi connectivity index (χ2n) is 6.01.